The summed E-state index contributed by atoms with van der Waals surface area (Å²) in [5.74, 6) is 0.340. The minimum absolute atomic E-state index is 0.0614. The summed E-state index contributed by atoms with van der Waals surface area (Å²) in [6.45, 7) is 7.95. The molecule has 0 spiro atoms. The normalized spacial score (nSPS) is 14.7. The smallest absolute Gasteiger partial charge is 0.461 e. The second kappa shape index (κ2) is 31.4. The van der Waals surface area contributed by atoms with Crippen LogP contribution in [0.15, 0.2) is 61.2 Å². The van der Waals surface area contributed by atoms with Gasteiger partial charge >= 0.3 is 18.2 Å². The van der Waals surface area contributed by atoms with Gasteiger partial charge in [-0.1, -0.05) is 52.8 Å². The van der Waals surface area contributed by atoms with Crippen molar-refractivity contribution >= 4 is 57.1 Å². The number of anilines is 1. The molecule has 3 rings (SSSR count). The molecule has 18 nitrogen and oxygen atoms in total. The Kier molecular flexibility index (Phi) is 26.2. The van der Waals surface area contributed by atoms with Crippen LogP contribution < -0.4 is 15.4 Å². The molecule has 2 atom stereocenters. The van der Waals surface area contributed by atoms with Crippen LogP contribution in [-0.4, -0.2) is 125 Å². The van der Waals surface area contributed by atoms with Crippen molar-refractivity contribution in [1.29, 1.82) is 0 Å². The van der Waals surface area contributed by atoms with Crippen molar-refractivity contribution in [3.63, 3.8) is 0 Å². The minimum Gasteiger partial charge on any atom is -0.461 e. The molecule has 2 amide bonds. The summed E-state index contributed by atoms with van der Waals surface area (Å²) in [5.41, 5.74) is 1.03. The fourth-order valence-electron chi connectivity index (χ4n) is 5.16. The highest BCUT2D eigenvalue weighted by Crippen LogP contribution is 2.38. The number of nitrogens with one attached hydrogen (secondary N) is 2. The van der Waals surface area contributed by atoms with Crippen LogP contribution in [0.1, 0.15) is 44.1 Å². The number of esters is 1. The fraction of sp³-hybridized carbons (Fsp3) is 0.550. The lowest BCUT2D eigenvalue weighted by atomic mass is 9.97. The van der Waals surface area contributed by atoms with Crippen LogP contribution in [0.3, 0.4) is 0 Å². The molecule has 0 saturated heterocycles. The van der Waals surface area contributed by atoms with E-state index < -0.39 is 17.2 Å². The first-order valence-electron chi connectivity index (χ1n) is 19.6. The summed E-state index contributed by atoms with van der Waals surface area (Å²) in [4.78, 5) is 58.5. The molecule has 0 heterocycles. The number of nitrogens with zero attached hydrogens (tertiary/aromatic N) is 1. The van der Waals surface area contributed by atoms with Gasteiger partial charge in [-0.2, -0.15) is 0 Å². The number of nitro benzene ring substituents is 1. The van der Waals surface area contributed by atoms with E-state index in [-0.39, 0.29) is 60.9 Å². The number of amides is 2. The molecule has 0 aromatic heterocycles. The number of rotatable bonds is 31. The summed E-state index contributed by atoms with van der Waals surface area (Å²) in [7, 11) is 3.23. The average molecular weight is 882 g/mol. The summed E-state index contributed by atoms with van der Waals surface area (Å²) in [6.07, 6.45) is 3.93. The number of hydrogen-bond donors (Lipinski definition) is 2. The highest BCUT2D eigenvalue weighted by molar-refractivity contribution is 8.77. The third-order valence-electron chi connectivity index (χ3n) is 8.18. The Balaban J connectivity index is 1.13. The van der Waals surface area contributed by atoms with E-state index in [1.54, 1.807) is 45.9 Å². The Morgan fingerprint density at radius 3 is 2.03 bits per heavy atom. The monoisotopic (exact) mass is 881 g/mol. The molecular formula is C40H55N3O15S2. The lowest BCUT2D eigenvalue weighted by molar-refractivity contribution is -0.384. The first kappa shape index (κ1) is 49.9. The molecule has 332 valence electrons. The van der Waals surface area contributed by atoms with Gasteiger partial charge in [0.15, 0.2) is 0 Å². The number of hydrogen-bond acceptors (Lipinski definition) is 17. The van der Waals surface area contributed by atoms with Gasteiger partial charge in [0.2, 0.25) is 5.91 Å². The van der Waals surface area contributed by atoms with Crippen molar-refractivity contribution in [1.82, 2.24) is 5.32 Å². The molecule has 0 radical (unpaired) electrons. The zero-order chi connectivity index (χ0) is 43.0. The van der Waals surface area contributed by atoms with E-state index in [1.165, 1.54) is 30.3 Å². The number of non-ortho nitro benzene ring substituents is 1. The van der Waals surface area contributed by atoms with E-state index in [2.05, 4.69) is 17.2 Å². The van der Waals surface area contributed by atoms with Gasteiger partial charge in [-0.25, -0.2) is 9.59 Å². The quantitative estimate of drug-likeness (QED) is 0.0125. The van der Waals surface area contributed by atoms with Gasteiger partial charge in [-0.3, -0.25) is 25.0 Å². The number of carbonyl (C=O) groups excluding carboxylic acids is 4. The maximum absolute atomic E-state index is 12.7. The van der Waals surface area contributed by atoms with E-state index in [0.29, 0.717) is 89.4 Å². The van der Waals surface area contributed by atoms with Crippen molar-refractivity contribution in [2.24, 2.45) is 0 Å². The molecule has 2 aromatic rings. The second-order valence-electron chi connectivity index (χ2n) is 12.8. The topological polar surface area (TPSA) is 219 Å². The lowest BCUT2D eigenvalue weighted by Crippen LogP contribution is -2.33. The fourth-order valence-corrected chi connectivity index (χ4v) is 8.00. The zero-order valence-corrected chi connectivity index (χ0v) is 35.2. The minimum atomic E-state index is -0.964. The van der Waals surface area contributed by atoms with Gasteiger partial charge in [-0.15, -0.1) is 0 Å². The van der Waals surface area contributed by atoms with Crippen molar-refractivity contribution < 1.29 is 66.7 Å². The van der Waals surface area contributed by atoms with Gasteiger partial charge in [-0.05, 0) is 49.1 Å². The molecule has 2 N–H and O–H groups in total. The molecule has 0 bridgehead atoms. The predicted molar refractivity (Wildman–Crippen MR) is 224 cm³/mol. The van der Waals surface area contributed by atoms with Crippen LogP contribution in [0, 0.1) is 10.1 Å². The summed E-state index contributed by atoms with van der Waals surface area (Å²) >= 11 is 0. The van der Waals surface area contributed by atoms with E-state index in [9.17, 15) is 29.3 Å². The van der Waals surface area contributed by atoms with Gasteiger partial charge in [0.25, 0.3) is 5.69 Å². The van der Waals surface area contributed by atoms with Crippen LogP contribution in [0.5, 0.6) is 5.75 Å². The van der Waals surface area contributed by atoms with Crippen molar-refractivity contribution in [2.45, 2.75) is 56.5 Å². The van der Waals surface area contributed by atoms with E-state index in [0.717, 1.165) is 25.7 Å². The van der Waals surface area contributed by atoms with Gasteiger partial charge in [0.05, 0.1) is 82.7 Å². The molecule has 1 saturated carbocycles. The molecule has 2 aromatic carbocycles. The van der Waals surface area contributed by atoms with Crippen LogP contribution in [0.4, 0.5) is 21.0 Å². The maximum Gasteiger partial charge on any atom is 0.514 e. The molecule has 20 heteroatoms. The zero-order valence-electron chi connectivity index (χ0n) is 33.6. The van der Waals surface area contributed by atoms with E-state index >= 15 is 0 Å². The van der Waals surface area contributed by atoms with Gasteiger partial charge in [0, 0.05) is 36.5 Å². The standard InChI is InChI=1S/C40H55N3O15S2/c1-2-18-55-38(45)15-19-50-21-23-52-25-27-54-28-26-53-24-22-51-20-17-41-37(44)16-29-59-60-36-6-4-3-5-35(36)58-39(46)42-32-9-7-31(8-10-32)30-56-40(47)57-34-13-11-33(12-14-34)43(48)49/h2,7-14,35-36H,1,3-6,15-30H2,(H,41,44)(H,42,46)/t35-,36-/m0/s1. The van der Waals surface area contributed by atoms with Crippen LogP contribution in [0.2, 0.25) is 0 Å². The highest BCUT2D eigenvalue weighted by Gasteiger charge is 2.29. The predicted octanol–water partition coefficient (Wildman–Crippen LogP) is 6.26. The summed E-state index contributed by atoms with van der Waals surface area (Å²) in [6, 6.07) is 11.7. The van der Waals surface area contributed by atoms with Crippen LogP contribution >= 0.6 is 21.6 Å². The Bertz CT molecular complexity index is 1570. The van der Waals surface area contributed by atoms with Crippen LogP contribution in [-0.2, 0) is 54.1 Å². The number of ether oxygens (including phenoxy) is 9. The first-order chi connectivity index (χ1) is 29.2. The van der Waals surface area contributed by atoms with Gasteiger partial charge < -0.3 is 47.9 Å². The largest absolute Gasteiger partial charge is 0.514 e. The number of benzene rings is 2. The Hall–Kier alpha value is -4.44. The SMILES string of the molecule is C=CCOC(=O)CCOCCOCCOCCOCCOCCNC(=O)CCSS[C@H]1CCCC[C@@H]1OC(=O)Nc1ccc(COC(=O)Oc2ccc([N+](=O)[O-])cc2)cc1. The third-order valence-corrected chi connectivity index (χ3v) is 11.1. The molecule has 1 fully saturated rings. The number of nitro groups is 1. The first-order valence-corrected chi connectivity index (χ1v) is 22.0. The van der Waals surface area contributed by atoms with Crippen molar-refractivity contribution in [3.05, 3.63) is 76.9 Å². The van der Waals surface area contributed by atoms with E-state index in [1.807, 2.05) is 0 Å². The van der Waals surface area contributed by atoms with Gasteiger partial charge in [0.1, 0.15) is 25.1 Å². The second-order valence-corrected chi connectivity index (χ2v) is 15.5. The number of carbonyl (C=O) groups is 4. The lowest BCUT2D eigenvalue weighted by Gasteiger charge is -2.30. The molecular weight excluding hydrogens is 827 g/mol. The van der Waals surface area contributed by atoms with Crippen molar-refractivity contribution in [3.8, 4) is 5.75 Å². The maximum atomic E-state index is 12.7. The molecule has 1 aliphatic carbocycles. The molecule has 0 aliphatic heterocycles. The summed E-state index contributed by atoms with van der Waals surface area (Å²) in [5, 5.41) is 16.5. The highest BCUT2D eigenvalue weighted by atomic mass is 33.1. The average Bonchev–Trinajstić information content (AvgIpc) is 3.24. The van der Waals surface area contributed by atoms with Crippen molar-refractivity contribution in [2.75, 3.05) is 90.3 Å². The van der Waals surface area contributed by atoms with E-state index in [4.69, 9.17) is 42.6 Å². The molecule has 0 unspecified atom stereocenters. The molecule has 1 aliphatic rings. The Labute approximate surface area is 357 Å². The molecule has 60 heavy (non-hydrogen) atoms. The van der Waals surface area contributed by atoms with Crippen LogP contribution in [0.25, 0.3) is 0 Å². The summed E-state index contributed by atoms with van der Waals surface area (Å²) < 4.78 is 47.9. The third kappa shape index (κ3) is 23.4. The Morgan fingerprint density at radius 2 is 1.40 bits per heavy atom. The Morgan fingerprint density at radius 1 is 0.783 bits per heavy atom.